The average Bonchev–Trinajstić information content (AvgIpc) is 2.02. The molecule has 0 bridgehead atoms. The first-order chi connectivity index (χ1) is 6.38. The minimum atomic E-state index is -1.28. The number of benzene rings is 1. The fourth-order valence-corrected chi connectivity index (χ4v) is 0.924. The molecule has 0 radical (unpaired) electrons. The van der Waals surface area contributed by atoms with Crippen molar-refractivity contribution in [2.75, 3.05) is 0 Å². The second-order valence-electron chi connectivity index (χ2n) is 3.30. The van der Waals surface area contributed by atoms with Crippen LogP contribution in [0.3, 0.4) is 0 Å². The maximum absolute atomic E-state index is 10.3. The van der Waals surface area contributed by atoms with Crippen molar-refractivity contribution in [2.24, 2.45) is 0 Å². The van der Waals surface area contributed by atoms with Crippen LogP contribution in [0.5, 0.6) is 5.75 Å². The Labute approximate surface area is 81.1 Å². The van der Waals surface area contributed by atoms with Crippen molar-refractivity contribution in [2.45, 2.75) is 19.6 Å². The van der Waals surface area contributed by atoms with Crippen molar-refractivity contribution in [3.05, 3.63) is 34.4 Å². The lowest BCUT2D eigenvalue weighted by Gasteiger charge is -2.19. The first-order valence-electron chi connectivity index (χ1n) is 4.04. The Morgan fingerprint density at radius 1 is 1.36 bits per heavy atom. The zero-order valence-corrected chi connectivity index (χ0v) is 7.93. The van der Waals surface area contributed by atoms with E-state index in [1.807, 2.05) is 0 Å². The van der Waals surface area contributed by atoms with Crippen LogP contribution in [-0.4, -0.2) is 15.8 Å². The Kier molecular flexibility index (Phi) is 2.71. The summed E-state index contributed by atoms with van der Waals surface area (Å²) in [6, 6.07) is 5.52. The van der Waals surface area contributed by atoms with Crippen molar-refractivity contribution in [3.8, 4) is 5.75 Å². The normalized spacial score (nSPS) is 11.1. The van der Waals surface area contributed by atoms with Gasteiger partial charge in [-0.05, 0) is 12.1 Å². The van der Waals surface area contributed by atoms with Crippen molar-refractivity contribution < 1.29 is 14.8 Å². The zero-order chi connectivity index (χ0) is 10.8. The fraction of sp³-hybridized carbons (Fsp3) is 0.333. The first-order valence-corrected chi connectivity index (χ1v) is 4.04. The largest absolute Gasteiger partial charge is 0.463 e. The lowest BCUT2D eigenvalue weighted by Crippen LogP contribution is -2.26. The predicted octanol–water partition coefficient (Wildman–Crippen LogP) is 1.70. The molecule has 0 unspecified atom stereocenters. The van der Waals surface area contributed by atoms with E-state index in [0.717, 1.165) is 0 Å². The summed E-state index contributed by atoms with van der Waals surface area (Å²) < 4.78 is 5.07. The molecule has 0 saturated carbocycles. The quantitative estimate of drug-likeness (QED) is 0.454. The summed E-state index contributed by atoms with van der Waals surface area (Å²) in [5, 5.41) is 19.6. The third-order valence-corrected chi connectivity index (χ3v) is 1.42. The van der Waals surface area contributed by atoms with Gasteiger partial charge in [0, 0.05) is 26.0 Å². The van der Waals surface area contributed by atoms with E-state index in [-0.39, 0.29) is 5.69 Å². The van der Waals surface area contributed by atoms with Gasteiger partial charge in [-0.3, -0.25) is 10.1 Å². The number of aliphatic hydroxyl groups is 1. The molecule has 0 saturated heterocycles. The van der Waals surface area contributed by atoms with Gasteiger partial charge in [0.15, 0.2) is 0 Å². The van der Waals surface area contributed by atoms with Gasteiger partial charge in [-0.1, -0.05) is 0 Å². The molecular formula is C9H11NO4. The molecule has 0 atom stereocenters. The van der Waals surface area contributed by atoms with Gasteiger partial charge in [0.25, 0.3) is 5.69 Å². The second-order valence-corrected chi connectivity index (χ2v) is 3.30. The van der Waals surface area contributed by atoms with Gasteiger partial charge in [0.05, 0.1) is 4.92 Å². The number of rotatable bonds is 3. The highest BCUT2D eigenvalue weighted by atomic mass is 16.6. The molecule has 0 fully saturated rings. The van der Waals surface area contributed by atoms with Crippen molar-refractivity contribution in [3.63, 3.8) is 0 Å². The standard InChI is InChI=1S/C9H11NO4/c1-9(2,11)14-8-5-3-7(4-6-8)10(12)13/h3-6,11H,1-2H3. The topological polar surface area (TPSA) is 72.6 Å². The minimum Gasteiger partial charge on any atom is -0.463 e. The molecule has 14 heavy (non-hydrogen) atoms. The second kappa shape index (κ2) is 3.63. The Morgan fingerprint density at radius 3 is 2.21 bits per heavy atom. The van der Waals surface area contributed by atoms with E-state index in [1.165, 1.54) is 38.1 Å². The van der Waals surface area contributed by atoms with Crippen molar-refractivity contribution in [1.29, 1.82) is 0 Å². The van der Waals surface area contributed by atoms with Crippen molar-refractivity contribution >= 4 is 5.69 Å². The lowest BCUT2D eigenvalue weighted by atomic mass is 10.3. The van der Waals surface area contributed by atoms with Gasteiger partial charge in [-0.2, -0.15) is 0 Å². The summed E-state index contributed by atoms with van der Waals surface area (Å²) in [6.07, 6.45) is 0. The maximum Gasteiger partial charge on any atom is 0.269 e. The van der Waals surface area contributed by atoms with E-state index >= 15 is 0 Å². The molecular weight excluding hydrogens is 186 g/mol. The Morgan fingerprint density at radius 2 is 1.86 bits per heavy atom. The number of nitro benzene ring substituents is 1. The average molecular weight is 197 g/mol. The molecule has 0 heterocycles. The third kappa shape index (κ3) is 3.02. The van der Waals surface area contributed by atoms with Crippen LogP contribution < -0.4 is 4.74 Å². The molecule has 1 aromatic carbocycles. The molecule has 76 valence electrons. The molecule has 0 aliphatic heterocycles. The van der Waals surface area contributed by atoms with Crippen LogP contribution in [0.25, 0.3) is 0 Å². The van der Waals surface area contributed by atoms with E-state index in [2.05, 4.69) is 0 Å². The van der Waals surface area contributed by atoms with Gasteiger partial charge in [-0.15, -0.1) is 0 Å². The summed E-state index contributed by atoms with van der Waals surface area (Å²) >= 11 is 0. The summed E-state index contributed by atoms with van der Waals surface area (Å²) in [4.78, 5) is 9.82. The summed E-state index contributed by atoms with van der Waals surface area (Å²) in [6.45, 7) is 2.96. The van der Waals surface area contributed by atoms with E-state index < -0.39 is 10.7 Å². The molecule has 5 nitrogen and oxygen atoms in total. The predicted molar refractivity (Wildman–Crippen MR) is 50.0 cm³/mol. The maximum atomic E-state index is 10.3. The molecule has 0 aliphatic rings. The minimum absolute atomic E-state index is 0.00639. The molecule has 5 heteroatoms. The van der Waals surface area contributed by atoms with Crippen LogP contribution >= 0.6 is 0 Å². The van der Waals surface area contributed by atoms with E-state index in [0.29, 0.717) is 5.75 Å². The van der Waals surface area contributed by atoms with Crippen molar-refractivity contribution in [1.82, 2.24) is 0 Å². The molecule has 1 N–H and O–H groups in total. The van der Waals surface area contributed by atoms with E-state index in [9.17, 15) is 15.2 Å². The Hall–Kier alpha value is -1.62. The molecule has 1 aromatic rings. The van der Waals surface area contributed by atoms with Crippen LogP contribution in [0, 0.1) is 10.1 Å². The van der Waals surface area contributed by atoms with Gasteiger partial charge < -0.3 is 9.84 Å². The van der Waals surface area contributed by atoms with Gasteiger partial charge in [-0.25, -0.2) is 0 Å². The highest BCUT2D eigenvalue weighted by Gasteiger charge is 2.14. The van der Waals surface area contributed by atoms with Gasteiger partial charge >= 0.3 is 0 Å². The summed E-state index contributed by atoms with van der Waals surface area (Å²) in [5.41, 5.74) is -0.00639. The first kappa shape index (κ1) is 10.5. The molecule has 0 amide bonds. The van der Waals surface area contributed by atoms with E-state index in [1.54, 1.807) is 0 Å². The Balaban J connectivity index is 2.79. The highest BCUT2D eigenvalue weighted by Crippen LogP contribution is 2.20. The SMILES string of the molecule is CC(C)(O)Oc1ccc([N+](=O)[O-])cc1. The summed E-state index contributed by atoms with van der Waals surface area (Å²) in [5.74, 6) is -0.890. The lowest BCUT2D eigenvalue weighted by molar-refractivity contribution is -0.384. The number of hydrogen-bond donors (Lipinski definition) is 1. The van der Waals surface area contributed by atoms with Crippen LogP contribution in [0.2, 0.25) is 0 Å². The number of non-ortho nitro benzene ring substituents is 1. The third-order valence-electron chi connectivity index (χ3n) is 1.42. The van der Waals surface area contributed by atoms with Gasteiger partial charge in [0.1, 0.15) is 5.75 Å². The zero-order valence-electron chi connectivity index (χ0n) is 7.93. The molecule has 0 spiro atoms. The molecule has 1 rings (SSSR count). The number of ether oxygens (including phenoxy) is 1. The molecule has 0 aliphatic carbocycles. The Bertz CT molecular complexity index is 326. The number of hydrogen-bond acceptors (Lipinski definition) is 4. The number of nitro groups is 1. The van der Waals surface area contributed by atoms with Crippen LogP contribution in [0.4, 0.5) is 5.69 Å². The van der Waals surface area contributed by atoms with Crippen LogP contribution in [0.1, 0.15) is 13.8 Å². The van der Waals surface area contributed by atoms with Crippen LogP contribution in [0.15, 0.2) is 24.3 Å². The monoisotopic (exact) mass is 197 g/mol. The smallest absolute Gasteiger partial charge is 0.269 e. The number of nitrogens with zero attached hydrogens (tertiary/aromatic N) is 1. The highest BCUT2D eigenvalue weighted by molar-refractivity contribution is 5.36. The molecule has 0 aromatic heterocycles. The van der Waals surface area contributed by atoms with Gasteiger partial charge in [0.2, 0.25) is 5.79 Å². The van der Waals surface area contributed by atoms with Crippen LogP contribution in [-0.2, 0) is 0 Å². The fourth-order valence-electron chi connectivity index (χ4n) is 0.924. The van der Waals surface area contributed by atoms with E-state index in [4.69, 9.17) is 4.74 Å². The summed E-state index contributed by atoms with van der Waals surface area (Å²) in [7, 11) is 0.